The zero-order valence-corrected chi connectivity index (χ0v) is 24.9. The van der Waals surface area contributed by atoms with Crippen LogP contribution in [-0.2, 0) is 9.53 Å². The van der Waals surface area contributed by atoms with Crippen LogP contribution in [0.1, 0.15) is 128 Å². The van der Waals surface area contributed by atoms with Crippen LogP contribution >= 0.6 is 0 Å². The van der Waals surface area contributed by atoms with Gasteiger partial charge in [0.1, 0.15) is 12.4 Å². The van der Waals surface area contributed by atoms with E-state index in [0.717, 1.165) is 31.5 Å². The van der Waals surface area contributed by atoms with Crippen LogP contribution in [0.25, 0.3) is 0 Å². The number of allylic oxidation sites excluding steroid dienone is 2. The minimum atomic E-state index is 0.222. The molecule has 0 heterocycles. The van der Waals surface area contributed by atoms with Gasteiger partial charge in [0.05, 0.1) is 6.26 Å². The van der Waals surface area contributed by atoms with E-state index in [1.165, 1.54) is 31.3 Å². The second-order valence-electron chi connectivity index (χ2n) is 9.68. The molecule has 0 aliphatic carbocycles. The van der Waals surface area contributed by atoms with Crippen molar-refractivity contribution in [2.45, 2.75) is 134 Å². The number of aldehydes is 1. The molecule has 0 aromatic rings. The lowest BCUT2D eigenvalue weighted by Gasteiger charge is -2.44. The van der Waals surface area contributed by atoms with Crippen LogP contribution in [-0.4, -0.2) is 12.4 Å². The maximum Gasteiger partial charge on any atom is 0.142 e. The fourth-order valence-corrected chi connectivity index (χ4v) is 4.34. The largest absolute Gasteiger partial charge is 0.498 e. The normalized spacial score (nSPS) is 15.5. The molecule has 0 spiro atoms. The molecular formula is C31H62O2. The molecule has 2 nitrogen and oxygen atoms in total. The Morgan fingerprint density at radius 1 is 1.00 bits per heavy atom. The van der Waals surface area contributed by atoms with Crippen molar-refractivity contribution in [1.29, 1.82) is 0 Å². The standard InChI is InChI=1S/C20H40O.C7H12O.C2H6.C2H4/c1-10-14-19(7,8)16(5)15-18(11-2)20(9,12-3)17(6)21-13-4;1-3-4-7(2)5-6-8;2*1-2/h13,16-18H,4,10-12,14-15H2,1-3,5-9H3;5-6H,3-4H2,1-2H3;1-2H3;1-2H2/b;7-5+;;/t16?,17?,18?,20-;;;/m1.../s1. The smallest absolute Gasteiger partial charge is 0.142 e. The van der Waals surface area contributed by atoms with Gasteiger partial charge in [-0.15, -0.1) is 13.2 Å². The van der Waals surface area contributed by atoms with Crippen molar-refractivity contribution in [3.8, 4) is 0 Å². The molecule has 0 aromatic heterocycles. The molecule has 0 fully saturated rings. The van der Waals surface area contributed by atoms with Crippen molar-refractivity contribution in [3.05, 3.63) is 37.6 Å². The molecule has 3 unspecified atom stereocenters. The van der Waals surface area contributed by atoms with Crippen molar-refractivity contribution in [2.75, 3.05) is 0 Å². The van der Waals surface area contributed by atoms with Gasteiger partial charge in [0.25, 0.3) is 0 Å². The lowest BCUT2D eigenvalue weighted by molar-refractivity contribution is -0.104. The van der Waals surface area contributed by atoms with Crippen molar-refractivity contribution in [1.82, 2.24) is 0 Å². The van der Waals surface area contributed by atoms with Crippen molar-refractivity contribution < 1.29 is 9.53 Å². The van der Waals surface area contributed by atoms with E-state index in [0.29, 0.717) is 11.3 Å². The first-order chi connectivity index (χ1) is 15.5. The summed E-state index contributed by atoms with van der Waals surface area (Å²) in [5.41, 5.74) is 1.82. The summed E-state index contributed by atoms with van der Waals surface area (Å²) >= 11 is 0. The summed E-state index contributed by atoms with van der Waals surface area (Å²) in [4.78, 5) is 9.81. The summed E-state index contributed by atoms with van der Waals surface area (Å²) in [6.45, 7) is 36.6. The van der Waals surface area contributed by atoms with E-state index in [9.17, 15) is 4.79 Å². The van der Waals surface area contributed by atoms with E-state index in [-0.39, 0.29) is 11.5 Å². The Hall–Kier alpha value is -1.31. The average molecular weight is 467 g/mol. The van der Waals surface area contributed by atoms with Crippen LogP contribution in [0.2, 0.25) is 0 Å². The molecule has 0 aliphatic heterocycles. The van der Waals surface area contributed by atoms with E-state index >= 15 is 0 Å². The molecule has 0 N–H and O–H groups in total. The highest BCUT2D eigenvalue weighted by molar-refractivity contribution is 5.65. The van der Waals surface area contributed by atoms with Gasteiger partial charge < -0.3 is 4.74 Å². The molecular weight excluding hydrogens is 404 g/mol. The third-order valence-electron chi connectivity index (χ3n) is 7.28. The fraction of sp³-hybridized carbons (Fsp3) is 0.774. The SMILES string of the molecule is C=C.C=COC(C)[C@@](C)(CC)C(CC)CC(C)C(C)(C)CCC.CC.CCC/C(C)=C/C=O. The Kier molecular flexibility index (Phi) is 28.1. The van der Waals surface area contributed by atoms with Crippen molar-refractivity contribution >= 4 is 6.29 Å². The molecule has 2 heteroatoms. The molecule has 198 valence electrons. The molecule has 0 saturated heterocycles. The molecule has 0 radical (unpaired) electrons. The van der Waals surface area contributed by atoms with Crippen molar-refractivity contribution in [2.24, 2.45) is 22.7 Å². The van der Waals surface area contributed by atoms with E-state index in [4.69, 9.17) is 4.74 Å². The summed E-state index contributed by atoms with van der Waals surface area (Å²) in [6, 6.07) is 0. The second-order valence-corrected chi connectivity index (χ2v) is 9.68. The van der Waals surface area contributed by atoms with Gasteiger partial charge in [-0.2, -0.15) is 0 Å². The summed E-state index contributed by atoms with van der Waals surface area (Å²) in [5.74, 6) is 1.44. The lowest BCUT2D eigenvalue weighted by Crippen LogP contribution is -2.40. The van der Waals surface area contributed by atoms with Gasteiger partial charge >= 0.3 is 0 Å². The molecule has 0 amide bonds. The van der Waals surface area contributed by atoms with Gasteiger partial charge in [-0.25, -0.2) is 0 Å². The van der Waals surface area contributed by atoms with Crippen LogP contribution in [0.3, 0.4) is 0 Å². The number of rotatable bonds is 14. The van der Waals surface area contributed by atoms with E-state index in [1.54, 1.807) is 12.3 Å². The summed E-state index contributed by atoms with van der Waals surface area (Å²) in [6.07, 6.45) is 12.7. The molecule has 0 aromatic carbocycles. The first-order valence-electron chi connectivity index (χ1n) is 13.4. The Balaban J connectivity index is -0.000000292. The second kappa shape index (κ2) is 23.8. The maximum absolute atomic E-state index is 9.81. The van der Waals surface area contributed by atoms with E-state index in [1.807, 2.05) is 20.8 Å². The monoisotopic (exact) mass is 466 g/mol. The molecule has 0 bridgehead atoms. The molecule has 0 saturated carbocycles. The molecule has 33 heavy (non-hydrogen) atoms. The van der Waals surface area contributed by atoms with E-state index in [2.05, 4.69) is 82.1 Å². The van der Waals surface area contributed by atoms with Gasteiger partial charge in [-0.1, -0.05) is 101 Å². The number of carbonyl (C=O) groups is 1. The highest BCUT2D eigenvalue weighted by Crippen LogP contribution is 2.45. The van der Waals surface area contributed by atoms with Gasteiger partial charge in [0.2, 0.25) is 0 Å². The van der Waals surface area contributed by atoms with Crippen LogP contribution in [0, 0.1) is 22.7 Å². The van der Waals surface area contributed by atoms with Gasteiger partial charge in [0, 0.05) is 5.41 Å². The lowest BCUT2D eigenvalue weighted by atomic mass is 9.63. The predicted octanol–water partition coefficient (Wildman–Crippen LogP) is 10.6. The summed E-state index contributed by atoms with van der Waals surface area (Å²) in [5, 5.41) is 0. The molecule has 4 atom stereocenters. The summed E-state index contributed by atoms with van der Waals surface area (Å²) in [7, 11) is 0. The zero-order valence-electron chi connectivity index (χ0n) is 24.9. The third kappa shape index (κ3) is 16.9. The van der Waals surface area contributed by atoms with Crippen LogP contribution in [0.4, 0.5) is 0 Å². The van der Waals surface area contributed by atoms with Crippen LogP contribution in [0.5, 0.6) is 0 Å². The van der Waals surface area contributed by atoms with Gasteiger partial charge in [-0.3, -0.25) is 4.79 Å². The van der Waals surface area contributed by atoms with Gasteiger partial charge in [-0.05, 0) is 62.9 Å². The highest BCUT2D eigenvalue weighted by Gasteiger charge is 2.40. The number of hydrogen-bond donors (Lipinski definition) is 0. The molecule has 0 aliphatic rings. The first-order valence-corrected chi connectivity index (χ1v) is 13.4. The molecule has 0 rings (SSSR count). The zero-order chi connectivity index (χ0) is 27.1. The third-order valence-corrected chi connectivity index (χ3v) is 7.28. The Morgan fingerprint density at radius 3 is 1.85 bits per heavy atom. The highest BCUT2D eigenvalue weighted by atomic mass is 16.5. The van der Waals surface area contributed by atoms with Crippen LogP contribution < -0.4 is 0 Å². The summed E-state index contributed by atoms with van der Waals surface area (Å²) < 4.78 is 5.76. The van der Waals surface area contributed by atoms with E-state index < -0.39 is 0 Å². The Bertz CT molecular complexity index is 477. The number of hydrogen-bond acceptors (Lipinski definition) is 2. The minimum Gasteiger partial charge on any atom is -0.498 e. The number of ether oxygens (including phenoxy) is 1. The minimum absolute atomic E-state index is 0.222. The van der Waals surface area contributed by atoms with Crippen molar-refractivity contribution in [3.63, 3.8) is 0 Å². The Morgan fingerprint density at radius 2 is 1.52 bits per heavy atom. The first kappa shape index (κ1) is 38.9. The number of carbonyl (C=O) groups excluding carboxylic acids is 1. The Labute approximate surface area is 210 Å². The predicted molar refractivity (Wildman–Crippen MR) is 153 cm³/mol. The maximum atomic E-state index is 9.81. The quantitative estimate of drug-likeness (QED) is 0.110. The van der Waals surface area contributed by atoms with Gasteiger partial charge in [0.15, 0.2) is 0 Å². The fourth-order valence-electron chi connectivity index (χ4n) is 4.34. The van der Waals surface area contributed by atoms with Crippen LogP contribution in [0.15, 0.2) is 37.6 Å². The average Bonchev–Trinajstić information content (AvgIpc) is 2.80. The topological polar surface area (TPSA) is 26.3 Å².